The van der Waals surface area contributed by atoms with Gasteiger partial charge in [-0.15, -0.1) is 11.3 Å². The third-order valence-electron chi connectivity index (χ3n) is 3.22. The molecule has 1 aliphatic heterocycles. The minimum absolute atomic E-state index is 0.0394. The van der Waals surface area contributed by atoms with E-state index in [0.717, 1.165) is 17.7 Å². The van der Waals surface area contributed by atoms with Crippen molar-refractivity contribution in [1.29, 1.82) is 0 Å². The van der Waals surface area contributed by atoms with Crippen LogP contribution in [0.2, 0.25) is 0 Å². The lowest BCUT2D eigenvalue weighted by Crippen LogP contribution is -2.35. The van der Waals surface area contributed by atoms with Gasteiger partial charge in [0, 0.05) is 28.4 Å². The summed E-state index contributed by atoms with van der Waals surface area (Å²) in [7, 11) is 0. The molecule has 4 nitrogen and oxygen atoms in total. The van der Waals surface area contributed by atoms with Crippen molar-refractivity contribution in [3.63, 3.8) is 0 Å². The lowest BCUT2D eigenvalue weighted by molar-refractivity contribution is -0.139. The van der Waals surface area contributed by atoms with Gasteiger partial charge in [0.15, 0.2) is 0 Å². The smallest absolute Gasteiger partial charge is 0.305 e. The Hall–Kier alpha value is -1.62. The van der Waals surface area contributed by atoms with Gasteiger partial charge in [-0.05, 0) is 38.0 Å². The van der Waals surface area contributed by atoms with Gasteiger partial charge in [-0.2, -0.15) is 0 Å². The summed E-state index contributed by atoms with van der Waals surface area (Å²) in [6.45, 7) is 2.68. The molecule has 0 saturated carbocycles. The van der Waals surface area contributed by atoms with Crippen LogP contribution >= 0.6 is 11.3 Å². The number of hydrogen-bond donors (Lipinski definition) is 1. The summed E-state index contributed by atoms with van der Waals surface area (Å²) >= 11 is 1.63. The summed E-state index contributed by atoms with van der Waals surface area (Å²) in [5.41, 5.74) is 0. The number of rotatable bonds is 4. The summed E-state index contributed by atoms with van der Waals surface area (Å²) in [6.07, 6.45) is 5.05. The number of amides is 1. The Balaban J connectivity index is 1.98. The van der Waals surface area contributed by atoms with Crippen molar-refractivity contribution in [3.05, 3.63) is 28.0 Å². The van der Waals surface area contributed by atoms with E-state index < -0.39 is 5.97 Å². The Bertz CT molecular complexity index is 507. The highest BCUT2D eigenvalue weighted by Gasteiger charge is 2.28. The quantitative estimate of drug-likeness (QED) is 0.862. The molecule has 0 radical (unpaired) electrons. The molecule has 0 spiro atoms. The minimum atomic E-state index is -0.845. The van der Waals surface area contributed by atoms with Crippen molar-refractivity contribution in [2.75, 3.05) is 6.54 Å². The van der Waals surface area contributed by atoms with Crippen LogP contribution in [0, 0.1) is 6.92 Å². The van der Waals surface area contributed by atoms with Crippen LogP contribution in [0.3, 0.4) is 0 Å². The fourth-order valence-corrected chi connectivity index (χ4v) is 3.11. The molecule has 1 N–H and O–H groups in total. The first-order chi connectivity index (χ1) is 9.06. The van der Waals surface area contributed by atoms with Crippen LogP contribution < -0.4 is 0 Å². The van der Waals surface area contributed by atoms with E-state index in [0.29, 0.717) is 6.54 Å². The van der Waals surface area contributed by atoms with Gasteiger partial charge in [0.05, 0.1) is 6.42 Å². The molecular formula is C14H17NO3S. The van der Waals surface area contributed by atoms with E-state index in [4.69, 9.17) is 5.11 Å². The highest BCUT2D eigenvalue weighted by atomic mass is 32.1. The Morgan fingerprint density at radius 1 is 1.53 bits per heavy atom. The van der Waals surface area contributed by atoms with Crippen LogP contribution in [0.5, 0.6) is 0 Å². The SMILES string of the molecule is Cc1ccc(/C=C/C(=O)N2CCCC2CC(=O)O)s1. The van der Waals surface area contributed by atoms with E-state index in [1.54, 1.807) is 28.4 Å². The molecule has 1 unspecified atom stereocenters. The predicted octanol–water partition coefficient (Wildman–Crippen LogP) is 2.54. The maximum Gasteiger partial charge on any atom is 0.305 e. The normalized spacial score (nSPS) is 19.2. The molecular weight excluding hydrogens is 262 g/mol. The average molecular weight is 279 g/mol. The molecule has 1 atom stereocenters. The van der Waals surface area contributed by atoms with Gasteiger partial charge in [0.25, 0.3) is 0 Å². The molecule has 19 heavy (non-hydrogen) atoms. The zero-order valence-corrected chi connectivity index (χ0v) is 11.7. The fourth-order valence-electron chi connectivity index (χ4n) is 2.33. The van der Waals surface area contributed by atoms with E-state index in [-0.39, 0.29) is 18.4 Å². The number of aryl methyl sites for hydroxylation is 1. The molecule has 2 rings (SSSR count). The second kappa shape index (κ2) is 6.02. The summed E-state index contributed by atoms with van der Waals surface area (Å²) < 4.78 is 0. The van der Waals surface area contributed by atoms with Crippen molar-refractivity contribution in [3.8, 4) is 0 Å². The summed E-state index contributed by atoms with van der Waals surface area (Å²) in [5.74, 6) is -0.933. The first-order valence-electron chi connectivity index (χ1n) is 6.33. The lowest BCUT2D eigenvalue weighted by Gasteiger charge is -2.21. The summed E-state index contributed by atoms with van der Waals surface area (Å²) in [6, 6.07) is 3.83. The maximum atomic E-state index is 12.1. The Morgan fingerprint density at radius 3 is 2.95 bits per heavy atom. The van der Waals surface area contributed by atoms with Gasteiger partial charge in [-0.25, -0.2) is 0 Å². The topological polar surface area (TPSA) is 57.6 Å². The molecule has 1 aliphatic rings. The van der Waals surface area contributed by atoms with E-state index >= 15 is 0 Å². The molecule has 1 saturated heterocycles. The molecule has 0 bridgehead atoms. The zero-order valence-electron chi connectivity index (χ0n) is 10.8. The van der Waals surface area contributed by atoms with Crippen molar-refractivity contribution in [1.82, 2.24) is 4.90 Å². The van der Waals surface area contributed by atoms with Gasteiger partial charge >= 0.3 is 5.97 Å². The monoisotopic (exact) mass is 279 g/mol. The maximum absolute atomic E-state index is 12.1. The van der Waals surface area contributed by atoms with Crippen LogP contribution in [0.25, 0.3) is 6.08 Å². The number of likely N-dealkylation sites (tertiary alicyclic amines) is 1. The van der Waals surface area contributed by atoms with Crippen LogP contribution in [0.4, 0.5) is 0 Å². The number of aliphatic carboxylic acids is 1. The van der Waals surface area contributed by atoms with E-state index in [1.807, 2.05) is 19.1 Å². The second-order valence-corrected chi connectivity index (χ2v) is 6.03. The molecule has 0 aromatic carbocycles. The number of nitrogens with zero attached hydrogens (tertiary/aromatic N) is 1. The van der Waals surface area contributed by atoms with Crippen LogP contribution in [0.15, 0.2) is 18.2 Å². The highest BCUT2D eigenvalue weighted by Crippen LogP contribution is 2.21. The number of hydrogen-bond acceptors (Lipinski definition) is 3. The van der Waals surface area contributed by atoms with Crippen LogP contribution in [-0.4, -0.2) is 34.5 Å². The summed E-state index contributed by atoms with van der Waals surface area (Å²) in [4.78, 5) is 26.7. The molecule has 102 valence electrons. The highest BCUT2D eigenvalue weighted by molar-refractivity contribution is 7.12. The minimum Gasteiger partial charge on any atom is -0.481 e. The number of carboxylic acids is 1. The molecule has 1 aromatic heterocycles. The predicted molar refractivity (Wildman–Crippen MR) is 75.1 cm³/mol. The van der Waals surface area contributed by atoms with Crippen molar-refractivity contribution < 1.29 is 14.7 Å². The Labute approximate surface area is 116 Å². The first kappa shape index (κ1) is 13.8. The van der Waals surface area contributed by atoms with Gasteiger partial charge in [-0.3, -0.25) is 9.59 Å². The molecule has 2 heterocycles. The number of carboxylic acid groups (broad SMARTS) is 1. The fraction of sp³-hybridized carbons (Fsp3) is 0.429. The van der Waals surface area contributed by atoms with Gasteiger partial charge in [0.1, 0.15) is 0 Å². The summed E-state index contributed by atoms with van der Waals surface area (Å²) in [5, 5.41) is 8.83. The molecule has 1 fully saturated rings. The standard InChI is InChI=1S/C14H17NO3S/c1-10-4-5-12(19-10)6-7-13(16)15-8-2-3-11(15)9-14(17)18/h4-7,11H,2-3,8-9H2,1H3,(H,17,18)/b7-6+. The first-order valence-corrected chi connectivity index (χ1v) is 7.15. The number of thiophene rings is 1. The van der Waals surface area contributed by atoms with Crippen LogP contribution in [0.1, 0.15) is 29.0 Å². The van der Waals surface area contributed by atoms with Crippen molar-refractivity contribution in [2.45, 2.75) is 32.2 Å². The lowest BCUT2D eigenvalue weighted by atomic mass is 10.1. The van der Waals surface area contributed by atoms with E-state index in [2.05, 4.69) is 0 Å². The zero-order chi connectivity index (χ0) is 13.8. The third-order valence-corrected chi connectivity index (χ3v) is 4.19. The Morgan fingerprint density at radius 2 is 2.32 bits per heavy atom. The van der Waals surface area contributed by atoms with Crippen molar-refractivity contribution in [2.24, 2.45) is 0 Å². The Kier molecular flexibility index (Phi) is 4.37. The third kappa shape index (κ3) is 3.67. The second-order valence-electron chi connectivity index (χ2n) is 4.71. The van der Waals surface area contributed by atoms with Crippen molar-refractivity contribution >= 4 is 29.3 Å². The molecule has 5 heteroatoms. The average Bonchev–Trinajstić information content (AvgIpc) is 2.94. The van der Waals surface area contributed by atoms with Gasteiger partial charge in [0.2, 0.25) is 5.91 Å². The number of carbonyl (C=O) groups is 2. The molecule has 1 amide bonds. The largest absolute Gasteiger partial charge is 0.481 e. The van der Waals surface area contributed by atoms with E-state index in [1.165, 1.54) is 4.88 Å². The molecule has 0 aliphatic carbocycles. The van der Waals surface area contributed by atoms with Gasteiger partial charge in [-0.1, -0.05) is 0 Å². The van der Waals surface area contributed by atoms with Gasteiger partial charge < -0.3 is 10.0 Å². The number of carbonyl (C=O) groups excluding carboxylic acids is 1. The molecule has 1 aromatic rings. The van der Waals surface area contributed by atoms with E-state index in [9.17, 15) is 9.59 Å². The van der Waals surface area contributed by atoms with Crippen LogP contribution in [-0.2, 0) is 9.59 Å².